The summed E-state index contributed by atoms with van der Waals surface area (Å²) in [6.45, 7) is 5.59. The monoisotopic (exact) mass is 337 g/mol. The minimum absolute atomic E-state index is 0.0249. The number of carbonyl (C=O) groups excluding carboxylic acids is 1. The molecule has 2 aromatic heterocycles. The van der Waals surface area contributed by atoms with E-state index in [4.69, 9.17) is 4.74 Å². The first kappa shape index (κ1) is 15.7. The van der Waals surface area contributed by atoms with E-state index in [1.54, 1.807) is 17.7 Å². The molecule has 118 valence electrons. The Hall–Kier alpha value is -1.18. The van der Waals surface area contributed by atoms with E-state index < -0.39 is 0 Å². The van der Waals surface area contributed by atoms with E-state index in [9.17, 15) is 4.79 Å². The molecule has 22 heavy (non-hydrogen) atoms. The Labute approximate surface area is 137 Å². The fourth-order valence-corrected chi connectivity index (χ4v) is 4.42. The summed E-state index contributed by atoms with van der Waals surface area (Å²) in [4.78, 5) is 22.9. The highest BCUT2D eigenvalue weighted by molar-refractivity contribution is 8.00. The third-order valence-corrected chi connectivity index (χ3v) is 5.93. The smallest absolute Gasteiger partial charge is 0.230 e. The van der Waals surface area contributed by atoms with Crippen molar-refractivity contribution in [1.82, 2.24) is 15.3 Å². The number of hydrogen-bond acceptors (Lipinski definition) is 6. The maximum atomic E-state index is 12.0. The highest BCUT2D eigenvalue weighted by Crippen LogP contribution is 2.34. The second kappa shape index (κ2) is 6.93. The molecule has 1 aliphatic rings. The molecule has 0 bridgehead atoms. The fourth-order valence-electron chi connectivity index (χ4n) is 2.48. The molecule has 1 N–H and O–H groups in total. The molecule has 1 saturated heterocycles. The third kappa shape index (κ3) is 3.42. The minimum Gasteiger partial charge on any atom is -0.376 e. The summed E-state index contributed by atoms with van der Waals surface area (Å²) in [6.07, 6.45) is 3.88. The van der Waals surface area contributed by atoms with Crippen LogP contribution < -0.4 is 5.32 Å². The van der Waals surface area contributed by atoms with Crippen molar-refractivity contribution in [3.05, 3.63) is 16.8 Å². The highest BCUT2D eigenvalue weighted by Gasteiger charge is 2.17. The number of ether oxygens (including phenoxy) is 1. The molecular weight excluding hydrogens is 318 g/mol. The van der Waals surface area contributed by atoms with Gasteiger partial charge in [0.15, 0.2) is 0 Å². The molecule has 1 aliphatic heterocycles. The quantitative estimate of drug-likeness (QED) is 0.671. The highest BCUT2D eigenvalue weighted by atomic mass is 32.2. The van der Waals surface area contributed by atoms with Crippen LogP contribution in [0.5, 0.6) is 0 Å². The van der Waals surface area contributed by atoms with E-state index in [1.807, 2.05) is 0 Å². The lowest BCUT2D eigenvalue weighted by molar-refractivity contribution is -0.119. The first-order valence-corrected chi connectivity index (χ1v) is 9.17. The largest absolute Gasteiger partial charge is 0.376 e. The molecule has 1 atom stereocenters. The molecule has 0 aliphatic carbocycles. The van der Waals surface area contributed by atoms with E-state index >= 15 is 0 Å². The van der Waals surface area contributed by atoms with Gasteiger partial charge < -0.3 is 10.1 Å². The topological polar surface area (TPSA) is 64.1 Å². The van der Waals surface area contributed by atoms with Crippen LogP contribution in [0.15, 0.2) is 11.4 Å². The van der Waals surface area contributed by atoms with Crippen LogP contribution in [0.2, 0.25) is 0 Å². The first-order chi connectivity index (χ1) is 10.6. The molecule has 0 aromatic carbocycles. The average Bonchev–Trinajstić information content (AvgIpc) is 3.12. The van der Waals surface area contributed by atoms with Gasteiger partial charge in [-0.3, -0.25) is 4.79 Å². The van der Waals surface area contributed by atoms with Crippen LogP contribution in [0.3, 0.4) is 0 Å². The lowest BCUT2D eigenvalue weighted by atomic mass is 10.2. The standard InChI is InChI=1S/C15H19N3O2S2/c1-9-10(2)22-15-13(9)14(17-8-18-15)21-7-12(19)16-6-11-4-3-5-20-11/h8,11H,3-7H2,1-2H3,(H,16,19)/t11-/m0/s1. The number of fused-ring (bicyclic) bond motifs is 1. The molecule has 1 fully saturated rings. The summed E-state index contributed by atoms with van der Waals surface area (Å²) in [6, 6.07) is 0. The van der Waals surface area contributed by atoms with Crippen LogP contribution in [0.4, 0.5) is 0 Å². The number of thiophene rings is 1. The molecule has 3 rings (SSSR count). The maximum Gasteiger partial charge on any atom is 0.230 e. The Kier molecular flexibility index (Phi) is 4.95. The van der Waals surface area contributed by atoms with E-state index in [2.05, 4.69) is 29.1 Å². The zero-order chi connectivity index (χ0) is 15.5. The summed E-state index contributed by atoms with van der Waals surface area (Å²) in [5.74, 6) is 0.393. The van der Waals surface area contributed by atoms with Gasteiger partial charge in [0.2, 0.25) is 5.91 Å². The fraction of sp³-hybridized carbons (Fsp3) is 0.533. The maximum absolute atomic E-state index is 12.0. The number of amides is 1. The van der Waals surface area contributed by atoms with E-state index in [0.717, 1.165) is 34.7 Å². The molecule has 5 nitrogen and oxygen atoms in total. The lowest BCUT2D eigenvalue weighted by Crippen LogP contribution is -2.32. The molecular formula is C15H19N3O2S2. The van der Waals surface area contributed by atoms with Gasteiger partial charge in [-0.2, -0.15) is 0 Å². The summed E-state index contributed by atoms with van der Waals surface area (Å²) >= 11 is 3.14. The number of rotatable bonds is 5. The van der Waals surface area contributed by atoms with Crippen LogP contribution in [-0.4, -0.2) is 40.9 Å². The van der Waals surface area contributed by atoms with Crippen molar-refractivity contribution < 1.29 is 9.53 Å². The Bertz CT molecular complexity index is 681. The summed E-state index contributed by atoms with van der Waals surface area (Å²) in [5, 5.41) is 4.91. The zero-order valence-corrected chi connectivity index (χ0v) is 14.4. The van der Waals surface area contributed by atoms with Gasteiger partial charge >= 0.3 is 0 Å². The van der Waals surface area contributed by atoms with Crippen molar-refractivity contribution in [1.29, 1.82) is 0 Å². The van der Waals surface area contributed by atoms with Gasteiger partial charge in [-0.1, -0.05) is 11.8 Å². The van der Waals surface area contributed by atoms with Crippen LogP contribution in [-0.2, 0) is 9.53 Å². The van der Waals surface area contributed by atoms with Crippen LogP contribution in [0.25, 0.3) is 10.2 Å². The van der Waals surface area contributed by atoms with E-state index in [1.165, 1.54) is 22.2 Å². The number of aryl methyl sites for hydroxylation is 2. The SMILES string of the molecule is Cc1sc2ncnc(SCC(=O)NC[C@@H]3CCCO3)c2c1C. The Morgan fingerprint density at radius 2 is 2.36 bits per heavy atom. The van der Waals surface area contributed by atoms with Crippen molar-refractivity contribution in [2.45, 2.75) is 37.8 Å². The van der Waals surface area contributed by atoms with Gasteiger partial charge in [0.1, 0.15) is 16.2 Å². The number of nitrogens with one attached hydrogen (secondary N) is 1. The van der Waals surface area contributed by atoms with Gasteiger partial charge in [-0.15, -0.1) is 11.3 Å². The number of hydrogen-bond donors (Lipinski definition) is 1. The van der Waals surface area contributed by atoms with Crippen LogP contribution in [0.1, 0.15) is 23.3 Å². The normalized spacial score (nSPS) is 18.0. The van der Waals surface area contributed by atoms with Gasteiger partial charge in [-0.25, -0.2) is 9.97 Å². The van der Waals surface area contributed by atoms with E-state index in [0.29, 0.717) is 12.3 Å². The number of aromatic nitrogens is 2. The third-order valence-electron chi connectivity index (χ3n) is 3.82. The average molecular weight is 337 g/mol. The van der Waals surface area contributed by atoms with Gasteiger partial charge in [-0.05, 0) is 32.3 Å². The van der Waals surface area contributed by atoms with Crippen molar-refractivity contribution in [2.75, 3.05) is 18.9 Å². The minimum atomic E-state index is 0.0249. The van der Waals surface area contributed by atoms with Crippen molar-refractivity contribution in [3.63, 3.8) is 0 Å². The summed E-state index contributed by atoms with van der Waals surface area (Å²) < 4.78 is 5.50. The summed E-state index contributed by atoms with van der Waals surface area (Å²) in [7, 11) is 0. The Balaban J connectivity index is 1.60. The van der Waals surface area contributed by atoms with Crippen molar-refractivity contribution in [3.8, 4) is 0 Å². The second-order valence-corrected chi connectivity index (χ2v) is 7.54. The molecule has 0 radical (unpaired) electrons. The Morgan fingerprint density at radius 1 is 1.50 bits per heavy atom. The van der Waals surface area contributed by atoms with Crippen LogP contribution in [0, 0.1) is 13.8 Å². The predicted molar refractivity (Wildman–Crippen MR) is 89.6 cm³/mol. The molecule has 3 heterocycles. The second-order valence-electron chi connectivity index (χ2n) is 5.37. The molecule has 0 saturated carbocycles. The van der Waals surface area contributed by atoms with Gasteiger partial charge in [0.25, 0.3) is 0 Å². The lowest BCUT2D eigenvalue weighted by Gasteiger charge is -2.10. The van der Waals surface area contributed by atoms with Crippen molar-refractivity contribution in [2.24, 2.45) is 0 Å². The first-order valence-electron chi connectivity index (χ1n) is 7.37. The number of nitrogens with zero attached hydrogens (tertiary/aromatic N) is 2. The van der Waals surface area contributed by atoms with Crippen molar-refractivity contribution >= 4 is 39.2 Å². The van der Waals surface area contributed by atoms with E-state index in [-0.39, 0.29) is 12.0 Å². The molecule has 1 amide bonds. The van der Waals surface area contributed by atoms with Gasteiger partial charge in [0.05, 0.1) is 11.9 Å². The summed E-state index contributed by atoms with van der Waals surface area (Å²) in [5.41, 5.74) is 1.21. The molecule has 7 heteroatoms. The van der Waals surface area contributed by atoms with Gasteiger partial charge in [0, 0.05) is 23.4 Å². The predicted octanol–water partition coefficient (Wildman–Crippen LogP) is 2.70. The zero-order valence-electron chi connectivity index (χ0n) is 12.7. The molecule has 0 spiro atoms. The molecule has 0 unspecified atom stereocenters. The van der Waals surface area contributed by atoms with Crippen LogP contribution >= 0.6 is 23.1 Å². The number of carbonyl (C=O) groups is 1. The Morgan fingerprint density at radius 3 is 3.14 bits per heavy atom. The number of thioether (sulfide) groups is 1. The molecule has 2 aromatic rings.